The molecule has 0 spiro atoms. The number of aryl methyl sites for hydroxylation is 2. The highest BCUT2D eigenvalue weighted by Crippen LogP contribution is 2.17. The van der Waals surface area contributed by atoms with Crippen LogP contribution in [0.15, 0.2) is 28.6 Å². The van der Waals surface area contributed by atoms with Gasteiger partial charge in [0.2, 0.25) is 0 Å². The molecule has 0 unspecified atom stereocenters. The maximum absolute atomic E-state index is 11.7. The van der Waals surface area contributed by atoms with Gasteiger partial charge in [0, 0.05) is 17.6 Å². The van der Waals surface area contributed by atoms with Crippen LogP contribution in [0.25, 0.3) is 0 Å². The Morgan fingerprint density at radius 2 is 2.13 bits per heavy atom. The molecule has 0 radical (unpaired) electrons. The minimum atomic E-state index is -0.269. The number of hydrogen-bond acceptors (Lipinski definition) is 5. The van der Waals surface area contributed by atoms with E-state index in [0.29, 0.717) is 13.2 Å². The van der Waals surface area contributed by atoms with E-state index < -0.39 is 0 Å². The van der Waals surface area contributed by atoms with Crippen LogP contribution in [0, 0.1) is 13.8 Å². The summed E-state index contributed by atoms with van der Waals surface area (Å²) in [5, 5.41) is 11.2. The zero-order valence-corrected chi connectivity index (χ0v) is 14.5. The Kier molecular flexibility index (Phi) is 6.12. The lowest BCUT2D eigenvalue weighted by Gasteiger charge is -2.07. The van der Waals surface area contributed by atoms with E-state index in [4.69, 9.17) is 4.74 Å². The molecule has 1 heterocycles. The molecule has 1 N–H and O–H groups in total. The second kappa shape index (κ2) is 8.08. The number of aliphatic hydroxyl groups is 1. The van der Waals surface area contributed by atoms with Crippen molar-refractivity contribution in [2.24, 2.45) is 4.99 Å². The molecule has 2 rings (SSSR count). The van der Waals surface area contributed by atoms with Gasteiger partial charge in [-0.05, 0) is 44.0 Å². The topological polar surface area (TPSA) is 63.8 Å². The van der Waals surface area contributed by atoms with Gasteiger partial charge in [-0.2, -0.15) is 0 Å². The second-order valence-corrected chi connectivity index (χ2v) is 6.08. The molecule has 0 aliphatic carbocycles. The minimum Gasteiger partial charge on any atom is -0.466 e. The maximum Gasteiger partial charge on any atom is 0.311 e. The molecule has 0 bridgehead atoms. The number of aliphatic hydroxyl groups excluding tert-OH is 1. The monoisotopic (exact) mass is 334 g/mol. The minimum absolute atomic E-state index is 0.00727. The van der Waals surface area contributed by atoms with Crippen LogP contribution in [0.2, 0.25) is 0 Å². The molecule has 2 aromatic rings. The first-order valence-corrected chi connectivity index (χ1v) is 8.48. The van der Waals surface area contributed by atoms with Crippen LogP contribution in [0.1, 0.15) is 23.7 Å². The lowest BCUT2D eigenvalue weighted by Crippen LogP contribution is -2.21. The number of benzene rings is 1. The Morgan fingerprint density at radius 1 is 1.35 bits per heavy atom. The van der Waals surface area contributed by atoms with E-state index in [1.165, 1.54) is 22.5 Å². The van der Waals surface area contributed by atoms with E-state index in [-0.39, 0.29) is 19.0 Å². The zero-order chi connectivity index (χ0) is 16.8. The average Bonchev–Trinajstić information content (AvgIpc) is 2.86. The molecule has 0 aliphatic rings. The van der Waals surface area contributed by atoms with Crippen molar-refractivity contribution >= 4 is 23.0 Å². The van der Waals surface area contributed by atoms with E-state index in [2.05, 4.69) is 18.8 Å². The molecule has 124 valence electrons. The fourth-order valence-electron chi connectivity index (χ4n) is 2.20. The van der Waals surface area contributed by atoms with Gasteiger partial charge in [-0.15, -0.1) is 11.3 Å². The lowest BCUT2D eigenvalue weighted by molar-refractivity contribution is -0.142. The highest BCUT2D eigenvalue weighted by Gasteiger charge is 2.11. The Bertz CT molecular complexity index is 747. The van der Waals surface area contributed by atoms with Crippen molar-refractivity contribution in [3.8, 4) is 0 Å². The van der Waals surface area contributed by atoms with Gasteiger partial charge in [0.05, 0.1) is 25.3 Å². The summed E-state index contributed by atoms with van der Waals surface area (Å²) in [5.74, 6) is -0.269. The number of carbonyl (C=O) groups excluding carboxylic acids is 1. The molecule has 5 nitrogen and oxygen atoms in total. The Hall–Kier alpha value is -1.92. The fraction of sp³-hybridized carbons (Fsp3) is 0.412. The first-order valence-electron chi connectivity index (χ1n) is 7.60. The smallest absolute Gasteiger partial charge is 0.311 e. The molecule has 1 aromatic carbocycles. The summed E-state index contributed by atoms with van der Waals surface area (Å²) in [6.07, 6.45) is 0.187. The standard InChI is InChI=1S/C17H22N2O3S/c1-4-22-16(21)10-15-11-23-17(19(15)7-8-20)18-14-6-5-12(2)13(3)9-14/h5-6,9,11,20H,4,7-8,10H2,1-3H3. The van der Waals surface area contributed by atoms with Gasteiger partial charge in [-0.3, -0.25) is 4.79 Å². The number of carbonyl (C=O) groups is 1. The molecule has 0 amide bonds. The summed E-state index contributed by atoms with van der Waals surface area (Å²) < 4.78 is 6.87. The van der Waals surface area contributed by atoms with Gasteiger partial charge >= 0.3 is 5.97 Å². The Labute approximate surface area is 139 Å². The number of nitrogens with zero attached hydrogens (tertiary/aromatic N) is 2. The van der Waals surface area contributed by atoms with E-state index in [1.54, 1.807) is 6.92 Å². The molecular formula is C17H22N2O3S. The van der Waals surface area contributed by atoms with Crippen LogP contribution >= 0.6 is 11.3 Å². The van der Waals surface area contributed by atoms with Gasteiger partial charge in [-0.25, -0.2) is 4.99 Å². The molecule has 0 saturated heterocycles. The quantitative estimate of drug-likeness (QED) is 0.826. The Balaban J connectivity index is 2.37. The summed E-state index contributed by atoms with van der Waals surface area (Å²) >= 11 is 1.46. The van der Waals surface area contributed by atoms with Crippen molar-refractivity contribution in [2.75, 3.05) is 13.2 Å². The average molecular weight is 334 g/mol. The fourth-order valence-corrected chi connectivity index (χ4v) is 3.15. The van der Waals surface area contributed by atoms with Crippen molar-refractivity contribution < 1.29 is 14.6 Å². The number of ether oxygens (including phenoxy) is 1. The second-order valence-electron chi connectivity index (χ2n) is 5.25. The van der Waals surface area contributed by atoms with Crippen molar-refractivity contribution in [1.29, 1.82) is 0 Å². The maximum atomic E-state index is 11.7. The van der Waals surface area contributed by atoms with E-state index >= 15 is 0 Å². The van der Waals surface area contributed by atoms with Crippen LogP contribution in [-0.4, -0.2) is 28.9 Å². The highest BCUT2D eigenvalue weighted by molar-refractivity contribution is 7.07. The van der Waals surface area contributed by atoms with Crippen molar-refractivity contribution in [1.82, 2.24) is 4.57 Å². The third-order valence-corrected chi connectivity index (χ3v) is 4.46. The normalized spacial score (nSPS) is 11.7. The predicted octanol–water partition coefficient (Wildman–Crippen LogP) is 2.50. The van der Waals surface area contributed by atoms with Crippen LogP contribution < -0.4 is 4.80 Å². The molecule has 0 atom stereocenters. The SMILES string of the molecule is CCOC(=O)Cc1csc(=Nc2ccc(C)c(C)c2)n1CCO. The molecule has 0 aliphatic heterocycles. The molecule has 1 aromatic heterocycles. The molecule has 0 saturated carbocycles. The number of hydrogen-bond donors (Lipinski definition) is 1. The Morgan fingerprint density at radius 3 is 2.78 bits per heavy atom. The third kappa shape index (κ3) is 4.53. The van der Waals surface area contributed by atoms with Crippen molar-refractivity contribution in [3.05, 3.63) is 45.2 Å². The van der Waals surface area contributed by atoms with Gasteiger partial charge in [-0.1, -0.05) is 6.07 Å². The summed E-state index contributed by atoms with van der Waals surface area (Å²) in [4.78, 5) is 17.1. The third-order valence-electron chi connectivity index (χ3n) is 3.55. The van der Waals surface area contributed by atoms with Crippen LogP contribution in [0.4, 0.5) is 5.69 Å². The summed E-state index contributed by atoms with van der Waals surface area (Å²) in [5.41, 5.74) is 4.08. The van der Waals surface area contributed by atoms with E-state index in [1.807, 2.05) is 28.1 Å². The van der Waals surface area contributed by atoms with Crippen LogP contribution in [0.3, 0.4) is 0 Å². The van der Waals surface area contributed by atoms with Crippen molar-refractivity contribution in [2.45, 2.75) is 33.7 Å². The summed E-state index contributed by atoms with van der Waals surface area (Å²) in [7, 11) is 0. The van der Waals surface area contributed by atoms with Crippen LogP contribution in [0.5, 0.6) is 0 Å². The van der Waals surface area contributed by atoms with E-state index in [0.717, 1.165) is 16.2 Å². The van der Waals surface area contributed by atoms with E-state index in [9.17, 15) is 9.90 Å². The first-order chi connectivity index (χ1) is 11.0. The lowest BCUT2D eigenvalue weighted by atomic mass is 10.1. The summed E-state index contributed by atoms with van der Waals surface area (Å²) in [6.45, 7) is 6.66. The highest BCUT2D eigenvalue weighted by atomic mass is 32.1. The van der Waals surface area contributed by atoms with Gasteiger partial charge in [0.25, 0.3) is 0 Å². The van der Waals surface area contributed by atoms with Gasteiger partial charge in [0.15, 0.2) is 4.80 Å². The molecule has 6 heteroatoms. The largest absolute Gasteiger partial charge is 0.466 e. The van der Waals surface area contributed by atoms with Crippen molar-refractivity contribution in [3.63, 3.8) is 0 Å². The summed E-state index contributed by atoms with van der Waals surface area (Å²) in [6, 6.07) is 6.04. The predicted molar refractivity (Wildman–Crippen MR) is 90.9 cm³/mol. The van der Waals surface area contributed by atoms with Crippen LogP contribution in [-0.2, 0) is 22.5 Å². The number of rotatable bonds is 6. The molecule has 23 heavy (non-hydrogen) atoms. The number of aromatic nitrogens is 1. The van der Waals surface area contributed by atoms with Gasteiger partial charge in [0.1, 0.15) is 0 Å². The van der Waals surface area contributed by atoms with Gasteiger partial charge < -0.3 is 14.4 Å². The molecule has 0 fully saturated rings. The number of esters is 1. The molecular weight excluding hydrogens is 312 g/mol. The first kappa shape index (κ1) is 17.4. The number of thiazole rings is 1. The zero-order valence-electron chi connectivity index (χ0n) is 13.7.